The quantitative estimate of drug-likeness (QED) is 0.900. The SMILES string of the molecule is N#Cc1cccc(Sc2ccc(NC(=O)O)cc2)c1C#N. The van der Waals surface area contributed by atoms with Crippen LogP contribution < -0.4 is 5.32 Å². The lowest BCUT2D eigenvalue weighted by Crippen LogP contribution is -2.06. The largest absolute Gasteiger partial charge is 0.465 e. The minimum Gasteiger partial charge on any atom is -0.465 e. The fourth-order valence-electron chi connectivity index (χ4n) is 1.68. The van der Waals surface area contributed by atoms with E-state index >= 15 is 0 Å². The fourth-order valence-corrected chi connectivity index (χ4v) is 2.61. The highest BCUT2D eigenvalue weighted by Crippen LogP contribution is 2.32. The summed E-state index contributed by atoms with van der Waals surface area (Å²) in [5, 5.41) is 29.0. The van der Waals surface area contributed by atoms with Crippen molar-refractivity contribution in [1.29, 1.82) is 10.5 Å². The first kappa shape index (κ1) is 14.4. The van der Waals surface area contributed by atoms with E-state index in [0.717, 1.165) is 4.90 Å². The molecule has 0 fully saturated rings. The van der Waals surface area contributed by atoms with Gasteiger partial charge in [-0.2, -0.15) is 10.5 Å². The van der Waals surface area contributed by atoms with Crippen LogP contribution in [0.25, 0.3) is 0 Å². The fraction of sp³-hybridized carbons (Fsp3) is 0. The summed E-state index contributed by atoms with van der Waals surface area (Å²) >= 11 is 1.35. The zero-order valence-electron chi connectivity index (χ0n) is 10.7. The second-order valence-electron chi connectivity index (χ2n) is 3.96. The maximum absolute atomic E-state index is 10.5. The number of hydrogen-bond donors (Lipinski definition) is 2. The molecule has 0 bridgehead atoms. The van der Waals surface area contributed by atoms with E-state index in [1.165, 1.54) is 11.8 Å². The molecule has 2 N–H and O–H groups in total. The standard InChI is InChI=1S/C15H9N3O2S/c16-8-10-2-1-3-14(13(10)9-17)21-12-6-4-11(5-7-12)18-15(19)20/h1-7,18H,(H,19,20). The Balaban J connectivity index is 2.25. The van der Waals surface area contributed by atoms with Crippen molar-refractivity contribution in [2.24, 2.45) is 0 Å². The van der Waals surface area contributed by atoms with Gasteiger partial charge < -0.3 is 5.11 Å². The van der Waals surface area contributed by atoms with Crippen LogP contribution in [0, 0.1) is 22.7 Å². The zero-order valence-corrected chi connectivity index (χ0v) is 11.5. The van der Waals surface area contributed by atoms with Gasteiger partial charge in [-0.05, 0) is 36.4 Å². The second-order valence-corrected chi connectivity index (χ2v) is 5.07. The van der Waals surface area contributed by atoms with Gasteiger partial charge in [0.1, 0.15) is 12.1 Å². The van der Waals surface area contributed by atoms with E-state index < -0.39 is 6.09 Å². The molecule has 5 nitrogen and oxygen atoms in total. The van der Waals surface area contributed by atoms with Gasteiger partial charge >= 0.3 is 6.09 Å². The monoisotopic (exact) mass is 295 g/mol. The molecule has 0 aliphatic heterocycles. The molecule has 21 heavy (non-hydrogen) atoms. The summed E-state index contributed by atoms with van der Waals surface area (Å²) in [6.07, 6.45) is -1.12. The van der Waals surface area contributed by atoms with Crippen LogP contribution in [0.3, 0.4) is 0 Å². The van der Waals surface area contributed by atoms with E-state index in [4.69, 9.17) is 15.6 Å². The highest BCUT2D eigenvalue weighted by atomic mass is 32.2. The maximum atomic E-state index is 10.5. The summed E-state index contributed by atoms with van der Waals surface area (Å²) in [7, 11) is 0. The van der Waals surface area contributed by atoms with Crippen molar-refractivity contribution < 1.29 is 9.90 Å². The Bertz CT molecular complexity index is 758. The molecule has 0 spiro atoms. The smallest absolute Gasteiger partial charge is 0.409 e. The Labute approximate surface area is 125 Å². The third-order valence-electron chi connectivity index (χ3n) is 2.59. The van der Waals surface area contributed by atoms with Crippen LogP contribution >= 0.6 is 11.8 Å². The first-order valence-electron chi connectivity index (χ1n) is 5.85. The Morgan fingerprint density at radius 1 is 1.10 bits per heavy atom. The number of carboxylic acid groups (broad SMARTS) is 1. The number of anilines is 1. The Hall–Kier alpha value is -2.96. The lowest BCUT2D eigenvalue weighted by molar-refractivity contribution is 0.210. The molecule has 0 saturated carbocycles. The average molecular weight is 295 g/mol. The predicted molar refractivity (Wildman–Crippen MR) is 78.1 cm³/mol. The second kappa shape index (κ2) is 6.47. The number of nitrogens with one attached hydrogen (secondary N) is 1. The molecule has 0 saturated heterocycles. The molecule has 0 unspecified atom stereocenters. The third-order valence-corrected chi connectivity index (χ3v) is 3.66. The number of nitriles is 2. The number of rotatable bonds is 3. The van der Waals surface area contributed by atoms with Crippen molar-refractivity contribution in [1.82, 2.24) is 0 Å². The number of nitrogens with zero attached hydrogens (tertiary/aromatic N) is 2. The number of carbonyl (C=O) groups is 1. The molecular formula is C15H9N3O2S. The molecule has 2 aromatic rings. The molecule has 0 radical (unpaired) electrons. The van der Waals surface area contributed by atoms with Crippen LogP contribution in [0.4, 0.5) is 10.5 Å². The van der Waals surface area contributed by atoms with E-state index in [0.29, 0.717) is 21.7 Å². The molecule has 0 aromatic heterocycles. The minimum atomic E-state index is -1.12. The lowest BCUT2D eigenvalue weighted by atomic mass is 10.1. The van der Waals surface area contributed by atoms with Crippen molar-refractivity contribution in [2.45, 2.75) is 9.79 Å². The van der Waals surface area contributed by atoms with Crippen LogP contribution in [-0.4, -0.2) is 11.2 Å². The van der Waals surface area contributed by atoms with Gasteiger partial charge in [0, 0.05) is 15.5 Å². The van der Waals surface area contributed by atoms with E-state index in [9.17, 15) is 4.79 Å². The molecular weight excluding hydrogens is 286 g/mol. The summed E-state index contributed by atoms with van der Waals surface area (Å²) in [4.78, 5) is 12.1. The first-order valence-corrected chi connectivity index (χ1v) is 6.67. The average Bonchev–Trinajstić information content (AvgIpc) is 2.48. The molecule has 2 rings (SSSR count). The molecule has 6 heteroatoms. The van der Waals surface area contributed by atoms with Crippen molar-refractivity contribution in [2.75, 3.05) is 5.32 Å². The molecule has 2 aromatic carbocycles. The lowest BCUT2D eigenvalue weighted by Gasteiger charge is -2.06. The highest BCUT2D eigenvalue weighted by Gasteiger charge is 2.09. The minimum absolute atomic E-state index is 0.340. The Kier molecular flexibility index (Phi) is 4.45. The summed E-state index contributed by atoms with van der Waals surface area (Å²) in [5.74, 6) is 0. The van der Waals surface area contributed by atoms with Gasteiger partial charge in [-0.15, -0.1) is 0 Å². The van der Waals surface area contributed by atoms with Gasteiger partial charge in [-0.1, -0.05) is 17.8 Å². The van der Waals surface area contributed by atoms with Crippen molar-refractivity contribution in [3.8, 4) is 12.1 Å². The van der Waals surface area contributed by atoms with Gasteiger partial charge in [0.15, 0.2) is 0 Å². The van der Waals surface area contributed by atoms with E-state index in [2.05, 4.69) is 5.32 Å². The number of hydrogen-bond acceptors (Lipinski definition) is 4. The highest BCUT2D eigenvalue weighted by molar-refractivity contribution is 7.99. The van der Waals surface area contributed by atoms with Gasteiger partial charge in [0.2, 0.25) is 0 Å². The predicted octanol–water partition coefficient (Wildman–Crippen LogP) is 3.67. The molecule has 0 heterocycles. The van der Waals surface area contributed by atoms with Gasteiger partial charge in [0.25, 0.3) is 0 Å². The zero-order chi connectivity index (χ0) is 15.2. The molecule has 0 aliphatic rings. The van der Waals surface area contributed by atoms with Crippen molar-refractivity contribution in [3.63, 3.8) is 0 Å². The molecule has 1 amide bonds. The molecule has 0 aliphatic carbocycles. The Morgan fingerprint density at radius 3 is 2.38 bits per heavy atom. The van der Waals surface area contributed by atoms with E-state index in [1.54, 1.807) is 42.5 Å². The summed E-state index contributed by atoms with van der Waals surface area (Å²) < 4.78 is 0. The first-order chi connectivity index (χ1) is 10.1. The van der Waals surface area contributed by atoms with Crippen LogP contribution in [0.2, 0.25) is 0 Å². The molecule has 102 valence electrons. The van der Waals surface area contributed by atoms with E-state index in [-0.39, 0.29) is 0 Å². The third kappa shape index (κ3) is 3.53. The van der Waals surface area contributed by atoms with Gasteiger partial charge in [-0.3, -0.25) is 5.32 Å². The maximum Gasteiger partial charge on any atom is 0.409 e. The summed E-state index contributed by atoms with van der Waals surface area (Å²) in [6, 6.07) is 15.9. The van der Waals surface area contributed by atoms with Gasteiger partial charge in [0.05, 0.1) is 11.1 Å². The van der Waals surface area contributed by atoms with Crippen LogP contribution in [0.1, 0.15) is 11.1 Å². The van der Waals surface area contributed by atoms with Crippen molar-refractivity contribution in [3.05, 3.63) is 53.6 Å². The summed E-state index contributed by atoms with van der Waals surface area (Å²) in [6.45, 7) is 0. The topological polar surface area (TPSA) is 96.9 Å². The number of amides is 1. The Morgan fingerprint density at radius 2 is 1.81 bits per heavy atom. The van der Waals surface area contributed by atoms with Crippen LogP contribution in [-0.2, 0) is 0 Å². The summed E-state index contributed by atoms with van der Waals surface area (Å²) in [5.41, 5.74) is 1.16. The number of benzene rings is 2. The molecule has 0 atom stereocenters. The van der Waals surface area contributed by atoms with Crippen LogP contribution in [0.5, 0.6) is 0 Å². The van der Waals surface area contributed by atoms with Crippen LogP contribution in [0.15, 0.2) is 52.3 Å². The van der Waals surface area contributed by atoms with Gasteiger partial charge in [-0.25, -0.2) is 4.79 Å². The normalized spacial score (nSPS) is 9.43. The van der Waals surface area contributed by atoms with Crippen molar-refractivity contribution >= 4 is 23.5 Å². The van der Waals surface area contributed by atoms with E-state index in [1.807, 2.05) is 12.1 Å².